The van der Waals surface area contributed by atoms with E-state index in [2.05, 4.69) is 5.16 Å². The first kappa shape index (κ1) is 18.4. The van der Waals surface area contributed by atoms with Gasteiger partial charge in [0.2, 0.25) is 0 Å². The average molecular weight is 333 g/mol. The van der Waals surface area contributed by atoms with Gasteiger partial charge in [-0.25, -0.2) is 0 Å². The molecule has 0 aromatic carbocycles. The predicted molar refractivity (Wildman–Crippen MR) is 92.8 cm³/mol. The number of aliphatic hydroxyl groups is 1. The van der Waals surface area contributed by atoms with Crippen LogP contribution >= 0.6 is 0 Å². The Morgan fingerprint density at radius 1 is 1.33 bits per heavy atom. The van der Waals surface area contributed by atoms with Crippen molar-refractivity contribution in [2.75, 3.05) is 19.6 Å². The number of hydrogen-bond acceptors (Lipinski definition) is 5. The summed E-state index contributed by atoms with van der Waals surface area (Å²) in [7, 11) is 0. The number of rotatable bonds is 7. The van der Waals surface area contributed by atoms with Crippen molar-refractivity contribution in [2.24, 2.45) is 0 Å². The van der Waals surface area contributed by atoms with Gasteiger partial charge in [-0.05, 0) is 47.2 Å². The summed E-state index contributed by atoms with van der Waals surface area (Å²) in [5.41, 5.74) is 1.65. The fourth-order valence-corrected chi connectivity index (χ4v) is 2.97. The van der Waals surface area contributed by atoms with Crippen molar-refractivity contribution in [3.8, 4) is 5.82 Å². The zero-order chi connectivity index (χ0) is 18.1. The topological polar surface area (TPSA) is 71.5 Å². The van der Waals surface area contributed by atoms with Gasteiger partial charge in [0.1, 0.15) is 5.76 Å². The zero-order valence-corrected chi connectivity index (χ0v) is 15.4. The Morgan fingerprint density at radius 2 is 2.00 bits per heavy atom. The molecule has 1 N–H and O–H groups in total. The molecule has 0 atom stereocenters. The number of hydrogen-bond donors (Lipinski definition) is 1. The highest BCUT2D eigenvalue weighted by Gasteiger charge is 2.23. The second-order valence-corrected chi connectivity index (χ2v) is 6.95. The molecule has 6 nitrogen and oxygen atoms in total. The van der Waals surface area contributed by atoms with Crippen LogP contribution in [0.3, 0.4) is 0 Å². The van der Waals surface area contributed by atoms with Gasteiger partial charge in [0.25, 0.3) is 0 Å². The molecule has 0 saturated heterocycles. The maximum Gasteiger partial charge on any atom is 0.180 e. The maximum atomic E-state index is 12.7. The van der Waals surface area contributed by atoms with E-state index in [-0.39, 0.29) is 12.3 Å². The summed E-state index contributed by atoms with van der Waals surface area (Å²) in [4.78, 5) is 14.7. The molecule has 2 aromatic rings. The van der Waals surface area contributed by atoms with Crippen molar-refractivity contribution in [3.05, 3.63) is 34.8 Å². The molecule has 2 heterocycles. The Hall–Kier alpha value is -1.92. The number of carbonyl (C=O) groups is 1. The summed E-state index contributed by atoms with van der Waals surface area (Å²) in [6.45, 7) is 12.6. The molecule has 0 aliphatic carbocycles. The minimum atomic E-state index is -0.828. The van der Waals surface area contributed by atoms with Crippen molar-refractivity contribution in [1.29, 1.82) is 0 Å². The first-order valence-electron chi connectivity index (χ1n) is 8.23. The second kappa shape index (κ2) is 6.91. The van der Waals surface area contributed by atoms with Gasteiger partial charge in [-0.1, -0.05) is 12.1 Å². The molecule has 6 heteroatoms. The number of aromatic nitrogens is 2. The number of Topliss-reactive ketones (excluding diaryl/α,β-unsaturated/α-hetero) is 1. The summed E-state index contributed by atoms with van der Waals surface area (Å²) < 4.78 is 7.07. The molecule has 0 saturated carbocycles. The van der Waals surface area contributed by atoms with Gasteiger partial charge >= 0.3 is 0 Å². The lowest BCUT2D eigenvalue weighted by molar-refractivity contribution is 0.0376. The quantitative estimate of drug-likeness (QED) is 0.789. The van der Waals surface area contributed by atoms with Crippen molar-refractivity contribution < 1.29 is 14.4 Å². The Balaban J connectivity index is 2.24. The highest BCUT2D eigenvalue weighted by molar-refractivity contribution is 5.99. The molecule has 0 fully saturated rings. The summed E-state index contributed by atoms with van der Waals surface area (Å²) in [5, 5.41) is 14.0. The summed E-state index contributed by atoms with van der Waals surface area (Å²) in [6, 6.07) is 3.74. The van der Waals surface area contributed by atoms with E-state index in [0.717, 1.165) is 17.1 Å². The van der Waals surface area contributed by atoms with E-state index < -0.39 is 5.60 Å². The zero-order valence-electron chi connectivity index (χ0n) is 15.4. The van der Waals surface area contributed by atoms with Crippen LogP contribution in [0.1, 0.15) is 48.3 Å². The third-order valence-corrected chi connectivity index (χ3v) is 4.00. The van der Waals surface area contributed by atoms with Crippen molar-refractivity contribution in [1.82, 2.24) is 14.6 Å². The standard InChI is InChI=1S/C18H27N3O3/c1-7-20(11-18(5,6)23)10-16(22)15-8-12(2)21(14(15)4)17-9-13(3)24-19-17/h8-9,23H,7,10-11H2,1-6H3. The minimum absolute atomic E-state index is 0.0423. The van der Waals surface area contributed by atoms with E-state index in [1.165, 1.54) is 0 Å². The normalized spacial score (nSPS) is 12.2. The molecule has 0 amide bonds. The molecule has 0 bridgehead atoms. The molecule has 24 heavy (non-hydrogen) atoms. The highest BCUT2D eigenvalue weighted by Crippen LogP contribution is 2.21. The number of nitrogens with zero attached hydrogens (tertiary/aromatic N) is 3. The lowest BCUT2D eigenvalue weighted by Gasteiger charge is -2.27. The molecular formula is C18H27N3O3. The van der Waals surface area contributed by atoms with E-state index >= 15 is 0 Å². The third-order valence-electron chi connectivity index (χ3n) is 4.00. The van der Waals surface area contributed by atoms with E-state index in [0.29, 0.717) is 24.5 Å². The van der Waals surface area contributed by atoms with Gasteiger partial charge in [-0.2, -0.15) is 0 Å². The van der Waals surface area contributed by atoms with Crippen LogP contribution in [-0.4, -0.2) is 50.7 Å². The maximum absolute atomic E-state index is 12.7. The summed E-state index contributed by atoms with van der Waals surface area (Å²) in [5.74, 6) is 1.46. The average Bonchev–Trinajstić information content (AvgIpc) is 3.00. The number of carbonyl (C=O) groups excluding carboxylic acids is 1. The van der Waals surface area contributed by atoms with Crippen LogP contribution in [0.5, 0.6) is 0 Å². The molecule has 0 radical (unpaired) electrons. The molecule has 0 spiro atoms. The van der Waals surface area contributed by atoms with Crippen LogP contribution in [0.2, 0.25) is 0 Å². The van der Waals surface area contributed by atoms with Gasteiger partial charge in [0.05, 0.1) is 12.1 Å². The molecule has 2 aromatic heterocycles. The van der Waals surface area contributed by atoms with E-state index in [4.69, 9.17) is 4.52 Å². The van der Waals surface area contributed by atoms with Gasteiger partial charge in [0.15, 0.2) is 11.6 Å². The van der Waals surface area contributed by atoms with E-state index in [9.17, 15) is 9.90 Å². The van der Waals surface area contributed by atoms with Crippen molar-refractivity contribution in [3.63, 3.8) is 0 Å². The van der Waals surface area contributed by atoms with Crippen LogP contribution in [0.4, 0.5) is 0 Å². The lowest BCUT2D eigenvalue weighted by atomic mass is 10.1. The Kier molecular flexibility index (Phi) is 5.30. The molecule has 0 aliphatic rings. The fourth-order valence-electron chi connectivity index (χ4n) is 2.97. The monoisotopic (exact) mass is 333 g/mol. The Morgan fingerprint density at radius 3 is 2.50 bits per heavy atom. The summed E-state index contributed by atoms with van der Waals surface area (Å²) >= 11 is 0. The first-order chi connectivity index (χ1) is 11.1. The van der Waals surface area contributed by atoms with Gasteiger partial charge in [0, 0.05) is 29.6 Å². The molecule has 132 valence electrons. The van der Waals surface area contributed by atoms with Crippen LogP contribution in [0.15, 0.2) is 16.7 Å². The number of ketones is 1. The molecule has 0 unspecified atom stereocenters. The molecule has 2 rings (SSSR count). The minimum Gasteiger partial charge on any atom is -0.389 e. The third kappa shape index (κ3) is 4.13. The van der Waals surface area contributed by atoms with Crippen LogP contribution in [0, 0.1) is 20.8 Å². The van der Waals surface area contributed by atoms with E-state index in [1.807, 2.05) is 49.3 Å². The molecule has 0 aliphatic heterocycles. The Labute approximate surface area is 143 Å². The lowest BCUT2D eigenvalue weighted by Crippen LogP contribution is -2.41. The Bertz CT molecular complexity index is 722. The SMILES string of the molecule is CCN(CC(=O)c1cc(C)n(-c2cc(C)on2)c1C)CC(C)(C)O. The van der Waals surface area contributed by atoms with Crippen molar-refractivity contribution >= 4 is 5.78 Å². The van der Waals surface area contributed by atoms with Crippen LogP contribution < -0.4 is 0 Å². The van der Waals surface area contributed by atoms with Gasteiger partial charge < -0.3 is 9.63 Å². The molecular weight excluding hydrogens is 306 g/mol. The number of likely N-dealkylation sites (N-methyl/N-ethyl adjacent to an activating group) is 1. The first-order valence-corrected chi connectivity index (χ1v) is 8.23. The van der Waals surface area contributed by atoms with Crippen LogP contribution in [-0.2, 0) is 0 Å². The predicted octanol–water partition coefficient (Wildman–Crippen LogP) is 2.67. The highest BCUT2D eigenvalue weighted by atomic mass is 16.5. The van der Waals surface area contributed by atoms with Crippen molar-refractivity contribution in [2.45, 2.75) is 47.1 Å². The summed E-state index contributed by atoms with van der Waals surface area (Å²) in [6.07, 6.45) is 0. The smallest absolute Gasteiger partial charge is 0.180 e. The van der Waals surface area contributed by atoms with Gasteiger partial charge in [-0.3, -0.25) is 14.3 Å². The fraction of sp³-hybridized carbons (Fsp3) is 0.556. The van der Waals surface area contributed by atoms with E-state index in [1.54, 1.807) is 13.8 Å². The second-order valence-electron chi connectivity index (χ2n) is 6.95. The van der Waals surface area contributed by atoms with Crippen LogP contribution in [0.25, 0.3) is 5.82 Å². The number of aryl methyl sites for hydroxylation is 2. The van der Waals surface area contributed by atoms with Gasteiger partial charge in [-0.15, -0.1) is 0 Å². The largest absolute Gasteiger partial charge is 0.389 e.